The number of carbonyl (C=O) groups is 3. The summed E-state index contributed by atoms with van der Waals surface area (Å²) in [4.78, 5) is 42.7. The normalized spacial score (nSPS) is 19.4. The number of amides is 3. The van der Waals surface area contributed by atoms with Crippen LogP contribution in [-0.2, 0) is 22.3 Å². The zero-order valence-electron chi connectivity index (χ0n) is 22.8. The van der Waals surface area contributed by atoms with Crippen molar-refractivity contribution in [1.82, 2.24) is 20.0 Å². The van der Waals surface area contributed by atoms with Crippen molar-refractivity contribution < 1.29 is 32.3 Å². The van der Waals surface area contributed by atoms with Gasteiger partial charge in [0.05, 0.1) is 18.7 Å². The quantitative estimate of drug-likeness (QED) is 0.434. The molecule has 3 aliphatic rings. The second kappa shape index (κ2) is 12.7. The molecule has 0 radical (unpaired) electrons. The van der Waals surface area contributed by atoms with Gasteiger partial charge in [0.15, 0.2) is 0 Å². The molecule has 3 heterocycles. The molecule has 8 nitrogen and oxygen atoms in total. The molecule has 0 saturated carbocycles. The molecule has 5 rings (SSSR count). The number of benzene rings is 2. The van der Waals surface area contributed by atoms with Crippen LogP contribution in [0.1, 0.15) is 39.9 Å². The Balaban J connectivity index is 1.03. The molecule has 42 heavy (non-hydrogen) atoms. The lowest BCUT2D eigenvalue weighted by molar-refractivity contribution is -0.138. The summed E-state index contributed by atoms with van der Waals surface area (Å²) < 4.78 is 43.3. The Morgan fingerprint density at radius 1 is 0.905 bits per heavy atom. The van der Waals surface area contributed by atoms with Gasteiger partial charge >= 0.3 is 6.18 Å². The van der Waals surface area contributed by atoms with Crippen molar-refractivity contribution in [3.05, 3.63) is 64.7 Å². The summed E-state index contributed by atoms with van der Waals surface area (Å²) in [5.41, 5.74) is 1.41. The highest BCUT2D eigenvalue weighted by Crippen LogP contribution is 2.30. The standard InChI is InChI=1S/C31H29F3N4O4/c32-31(33,34)24-7-9-25(10-8-24)42-19-2-1-13-36-15-17-37(18-16-36)14-3-4-22-5-6-23-21-38(30(41)26(23)20-22)27-11-12-28(39)35-29(27)40/h5-10,20,27H,11-19,21H2,(H,35,39,40). The van der Waals surface area contributed by atoms with Gasteiger partial charge in [-0.2, -0.15) is 13.2 Å². The molecule has 1 atom stereocenters. The van der Waals surface area contributed by atoms with Crippen molar-refractivity contribution in [3.63, 3.8) is 0 Å². The van der Waals surface area contributed by atoms with E-state index in [2.05, 4.69) is 38.8 Å². The number of carbonyl (C=O) groups excluding carboxylic acids is 3. The Bertz CT molecular complexity index is 1480. The minimum Gasteiger partial charge on any atom is -0.481 e. The van der Waals surface area contributed by atoms with Gasteiger partial charge in [-0.3, -0.25) is 29.5 Å². The van der Waals surface area contributed by atoms with E-state index < -0.39 is 23.7 Å². The van der Waals surface area contributed by atoms with Crippen molar-refractivity contribution in [2.45, 2.75) is 31.6 Å². The Morgan fingerprint density at radius 3 is 2.26 bits per heavy atom. The molecule has 1 N–H and O–H groups in total. The second-order valence-corrected chi connectivity index (χ2v) is 10.3. The first-order valence-electron chi connectivity index (χ1n) is 13.6. The van der Waals surface area contributed by atoms with Crippen molar-refractivity contribution in [1.29, 1.82) is 0 Å². The molecular weight excluding hydrogens is 549 g/mol. The number of nitrogens with zero attached hydrogens (tertiary/aromatic N) is 3. The molecule has 0 spiro atoms. The van der Waals surface area contributed by atoms with Crippen LogP contribution >= 0.6 is 0 Å². The molecule has 218 valence electrons. The molecule has 2 aromatic rings. The first kappa shape index (κ1) is 29.2. The van der Waals surface area contributed by atoms with Gasteiger partial charge in [0.25, 0.3) is 5.91 Å². The summed E-state index contributed by atoms with van der Waals surface area (Å²) in [6, 6.07) is 9.43. The lowest BCUT2D eigenvalue weighted by Gasteiger charge is -2.32. The van der Waals surface area contributed by atoms with Gasteiger partial charge in [-0.15, -0.1) is 0 Å². The number of nitrogens with one attached hydrogen (secondary N) is 1. The van der Waals surface area contributed by atoms with Crippen LogP contribution in [0.4, 0.5) is 13.2 Å². The van der Waals surface area contributed by atoms with Gasteiger partial charge in [0.1, 0.15) is 18.4 Å². The molecule has 1 unspecified atom stereocenters. The van der Waals surface area contributed by atoms with E-state index in [9.17, 15) is 27.6 Å². The lowest BCUT2D eigenvalue weighted by atomic mass is 10.0. The van der Waals surface area contributed by atoms with Crippen molar-refractivity contribution in [2.75, 3.05) is 45.9 Å². The van der Waals surface area contributed by atoms with E-state index in [1.807, 2.05) is 12.1 Å². The van der Waals surface area contributed by atoms with Crippen LogP contribution in [-0.4, -0.2) is 84.3 Å². The fourth-order valence-electron chi connectivity index (χ4n) is 5.07. The number of halogens is 3. The Morgan fingerprint density at radius 2 is 1.60 bits per heavy atom. The van der Waals surface area contributed by atoms with Gasteiger partial charge in [0, 0.05) is 50.3 Å². The zero-order chi connectivity index (χ0) is 29.7. The maximum atomic E-state index is 13.0. The molecule has 0 aromatic heterocycles. The van der Waals surface area contributed by atoms with Crippen LogP contribution in [0, 0.1) is 23.7 Å². The molecule has 3 amide bonds. The highest BCUT2D eigenvalue weighted by Gasteiger charge is 2.39. The number of hydrogen-bond acceptors (Lipinski definition) is 6. The molecule has 2 saturated heterocycles. The monoisotopic (exact) mass is 578 g/mol. The maximum Gasteiger partial charge on any atom is 0.416 e. The summed E-state index contributed by atoms with van der Waals surface area (Å²) in [5, 5.41) is 2.31. The number of alkyl halides is 3. The van der Waals surface area contributed by atoms with E-state index in [-0.39, 0.29) is 24.8 Å². The van der Waals surface area contributed by atoms with E-state index in [0.29, 0.717) is 37.4 Å². The third kappa shape index (κ3) is 7.11. The van der Waals surface area contributed by atoms with Gasteiger partial charge in [-0.05, 0) is 48.4 Å². The minimum absolute atomic E-state index is 0.101. The predicted octanol–water partition coefficient (Wildman–Crippen LogP) is 2.52. The summed E-state index contributed by atoms with van der Waals surface area (Å²) in [7, 11) is 0. The fourth-order valence-corrected chi connectivity index (χ4v) is 5.07. The first-order valence-corrected chi connectivity index (χ1v) is 13.6. The predicted molar refractivity (Wildman–Crippen MR) is 147 cm³/mol. The van der Waals surface area contributed by atoms with Gasteiger partial charge in [-0.1, -0.05) is 29.7 Å². The molecule has 3 aliphatic heterocycles. The highest BCUT2D eigenvalue weighted by molar-refractivity contribution is 6.05. The topological polar surface area (TPSA) is 82.2 Å². The van der Waals surface area contributed by atoms with Gasteiger partial charge in [0.2, 0.25) is 11.8 Å². The summed E-state index contributed by atoms with van der Waals surface area (Å²) >= 11 is 0. The van der Waals surface area contributed by atoms with Gasteiger partial charge in [-0.25, -0.2) is 0 Å². The summed E-state index contributed by atoms with van der Waals surface area (Å²) in [5.74, 6) is 11.7. The van der Waals surface area contributed by atoms with E-state index in [4.69, 9.17) is 4.74 Å². The number of piperidine rings is 1. The van der Waals surface area contributed by atoms with E-state index in [1.165, 1.54) is 17.0 Å². The van der Waals surface area contributed by atoms with Gasteiger partial charge < -0.3 is 9.64 Å². The zero-order valence-corrected chi connectivity index (χ0v) is 22.8. The molecule has 2 fully saturated rings. The van der Waals surface area contributed by atoms with Crippen molar-refractivity contribution in [2.24, 2.45) is 0 Å². The number of hydrogen-bond donors (Lipinski definition) is 1. The number of fused-ring (bicyclic) bond motifs is 1. The number of ether oxygens (including phenoxy) is 1. The molecule has 11 heteroatoms. The van der Waals surface area contributed by atoms with Crippen molar-refractivity contribution in [3.8, 4) is 29.4 Å². The Labute approximate surface area is 241 Å². The maximum absolute atomic E-state index is 13.0. The SMILES string of the molecule is O=C1CCC(N2Cc3ccc(C#CCN4CCN(CC#CCOc5ccc(C(F)(F)F)cc5)CC4)cc3C2=O)C(=O)N1. The fraction of sp³-hybridized carbons (Fsp3) is 0.387. The van der Waals surface area contributed by atoms with Crippen molar-refractivity contribution >= 4 is 17.7 Å². The van der Waals surface area contributed by atoms with E-state index in [1.54, 1.807) is 6.07 Å². The first-order chi connectivity index (χ1) is 20.2. The average molecular weight is 579 g/mol. The van der Waals surface area contributed by atoms with E-state index >= 15 is 0 Å². The molecular formula is C31H29F3N4O4. The van der Waals surface area contributed by atoms with Crippen LogP contribution in [0.25, 0.3) is 0 Å². The third-order valence-electron chi connectivity index (χ3n) is 7.45. The van der Waals surface area contributed by atoms with Crippen LogP contribution in [0.2, 0.25) is 0 Å². The number of imide groups is 1. The Kier molecular flexibility index (Phi) is 8.81. The lowest BCUT2D eigenvalue weighted by Crippen LogP contribution is -2.52. The van der Waals surface area contributed by atoms with Crippen LogP contribution in [0.5, 0.6) is 5.75 Å². The van der Waals surface area contributed by atoms with Crippen LogP contribution < -0.4 is 10.1 Å². The largest absolute Gasteiger partial charge is 0.481 e. The van der Waals surface area contributed by atoms with E-state index in [0.717, 1.165) is 49.4 Å². The molecule has 0 bridgehead atoms. The third-order valence-corrected chi connectivity index (χ3v) is 7.45. The average Bonchev–Trinajstić information content (AvgIpc) is 3.29. The summed E-state index contributed by atoms with van der Waals surface area (Å²) in [6.45, 7) is 4.95. The Hall–Kier alpha value is -4.32. The highest BCUT2D eigenvalue weighted by atomic mass is 19.4. The van der Waals surface area contributed by atoms with Crippen LogP contribution in [0.3, 0.4) is 0 Å². The number of piperazine rings is 1. The molecule has 2 aromatic carbocycles. The molecule has 0 aliphatic carbocycles. The number of rotatable bonds is 5. The van der Waals surface area contributed by atoms with Crippen LogP contribution in [0.15, 0.2) is 42.5 Å². The second-order valence-electron chi connectivity index (χ2n) is 10.3. The summed E-state index contributed by atoms with van der Waals surface area (Å²) in [6.07, 6.45) is -3.82. The minimum atomic E-state index is -4.37. The smallest absolute Gasteiger partial charge is 0.416 e.